The Bertz CT molecular complexity index is 1300. The van der Waals surface area contributed by atoms with Crippen LogP contribution in [-0.4, -0.2) is 21.4 Å². The first-order valence-corrected chi connectivity index (χ1v) is 11.7. The lowest BCUT2D eigenvalue weighted by Crippen LogP contribution is -2.27. The van der Waals surface area contributed by atoms with Crippen LogP contribution in [0, 0.1) is 0 Å². The highest BCUT2D eigenvalue weighted by molar-refractivity contribution is 7.92. The molecule has 3 aromatic rings. The van der Waals surface area contributed by atoms with Crippen molar-refractivity contribution in [1.82, 2.24) is 0 Å². The largest absolute Gasteiger partial charge is 0.399 e. The maximum absolute atomic E-state index is 12.8. The van der Waals surface area contributed by atoms with E-state index in [0.29, 0.717) is 22.6 Å². The van der Waals surface area contributed by atoms with Crippen LogP contribution in [0.1, 0.15) is 18.1 Å². The molecule has 0 spiro atoms. The Morgan fingerprint density at radius 3 is 2.41 bits per heavy atom. The second-order valence-electron chi connectivity index (χ2n) is 7.64. The van der Waals surface area contributed by atoms with Crippen LogP contribution in [0.25, 0.3) is 5.57 Å². The van der Waals surface area contributed by atoms with Crippen molar-refractivity contribution in [3.63, 3.8) is 0 Å². The van der Waals surface area contributed by atoms with Gasteiger partial charge in [-0.1, -0.05) is 30.3 Å². The lowest BCUT2D eigenvalue weighted by Gasteiger charge is -2.20. The topological polar surface area (TPSA) is 105 Å². The molecule has 7 nitrogen and oxygen atoms in total. The molecule has 1 aliphatic rings. The number of fused-ring (bicyclic) bond motifs is 1. The number of hydrogen-bond acceptors (Lipinski definition) is 5. The summed E-state index contributed by atoms with van der Waals surface area (Å²) in [6, 6.07) is 21.4. The molecule has 0 radical (unpaired) electrons. The molecule has 0 unspecified atom stereocenters. The predicted octanol–water partition coefficient (Wildman–Crippen LogP) is 4.03. The first kappa shape index (κ1) is 21.5. The Balaban J connectivity index is 1.53. The summed E-state index contributed by atoms with van der Waals surface area (Å²) in [6.07, 6.45) is 0. The van der Waals surface area contributed by atoms with Crippen LogP contribution < -0.4 is 20.7 Å². The molecular weight excluding hydrogens is 424 g/mol. The van der Waals surface area contributed by atoms with Crippen LogP contribution in [-0.2, 0) is 20.6 Å². The van der Waals surface area contributed by atoms with Crippen molar-refractivity contribution in [2.45, 2.75) is 12.7 Å². The highest BCUT2D eigenvalue weighted by Crippen LogP contribution is 2.35. The number of hydrogen-bond donors (Lipinski definition) is 3. The van der Waals surface area contributed by atoms with Gasteiger partial charge in [-0.3, -0.25) is 9.10 Å². The lowest BCUT2D eigenvalue weighted by atomic mass is 10.0. The van der Waals surface area contributed by atoms with Crippen molar-refractivity contribution < 1.29 is 13.2 Å². The van der Waals surface area contributed by atoms with Gasteiger partial charge in [0.15, 0.2) is 0 Å². The van der Waals surface area contributed by atoms with Crippen molar-refractivity contribution in [2.24, 2.45) is 0 Å². The molecule has 0 fully saturated rings. The second kappa shape index (κ2) is 8.39. The molecule has 0 aliphatic carbocycles. The maximum atomic E-state index is 12.8. The zero-order valence-electron chi connectivity index (χ0n) is 17.8. The monoisotopic (exact) mass is 448 g/mol. The number of rotatable bonds is 6. The van der Waals surface area contributed by atoms with Crippen LogP contribution in [0.3, 0.4) is 0 Å². The van der Waals surface area contributed by atoms with Crippen molar-refractivity contribution in [1.29, 1.82) is 0 Å². The van der Waals surface area contributed by atoms with Gasteiger partial charge in [0.05, 0.1) is 17.0 Å². The molecule has 4 N–H and O–H groups in total. The molecule has 1 heterocycles. The van der Waals surface area contributed by atoms with Crippen LogP contribution in [0.15, 0.2) is 78.5 Å². The number of allylic oxidation sites excluding steroid dienone is 1. The average Bonchev–Trinajstić information content (AvgIpc) is 3.09. The van der Waals surface area contributed by atoms with E-state index in [2.05, 4.69) is 10.6 Å². The van der Waals surface area contributed by atoms with Gasteiger partial charge in [-0.25, -0.2) is 8.42 Å². The SMILES string of the molecule is CC(Nc1ccc(N(C)S(=O)(=O)Cc2ccccc2)cc1)=C1C(=O)Nc2ccc(N)cc21. The third-order valence-corrected chi connectivity index (χ3v) is 7.08. The molecule has 0 atom stereocenters. The van der Waals surface area contributed by atoms with Gasteiger partial charge >= 0.3 is 0 Å². The molecule has 0 aromatic heterocycles. The first-order chi connectivity index (χ1) is 15.2. The number of nitrogens with one attached hydrogen (secondary N) is 2. The molecule has 4 rings (SSSR count). The first-order valence-electron chi connectivity index (χ1n) is 10.0. The minimum atomic E-state index is -3.52. The fraction of sp³-hybridized carbons (Fsp3) is 0.125. The summed E-state index contributed by atoms with van der Waals surface area (Å²) in [4.78, 5) is 12.5. The molecule has 164 valence electrons. The normalized spacial score (nSPS) is 14.5. The summed E-state index contributed by atoms with van der Waals surface area (Å²) in [5, 5.41) is 6.07. The van der Waals surface area contributed by atoms with E-state index in [4.69, 9.17) is 5.73 Å². The van der Waals surface area contributed by atoms with Crippen LogP contribution in [0.2, 0.25) is 0 Å². The number of amides is 1. The van der Waals surface area contributed by atoms with Gasteiger partial charge in [-0.15, -0.1) is 0 Å². The number of nitrogens with zero attached hydrogens (tertiary/aromatic N) is 1. The molecule has 3 aromatic carbocycles. The Labute approximate surface area is 187 Å². The summed E-state index contributed by atoms with van der Waals surface area (Å²) in [6.45, 7) is 1.82. The smallest absolute Gasteiger partial charge is 0.258 e. The molecule has 1 amide bonds. The van der Waals surface area contributed by atoms with Crippen molar-refractivity contribution >= 4 is 44.3 Å². The third kappa shape index (κ3) is 4.31. The van der Waals surface area contributed by atoms with E-state index in [1.54, 1.807) is 54.6 Å². The Morgan fingerprint density at radius 1 is 1.03 bits per heavy atom. The highest BCUT2D eigenvalue weighted by atomic mass is 32.2. The zero-order chi connectivity index (χ0) is 22.9. The minimum Gasteiger partial charge on any atom is -0.399 e. The van der Waals surface area contributed by atoms with E-state index in [1.165, 1.54) is 11.4 Å². The number of carbonyl (C=O) groups is 1. The van der Waals surface area contributed by atoms with Gasteiger partial charge in [0, 0.05) is 35.4 Å². The van der Waals surface area contributed by atoms with E-state index in [1.807, 2.05) is 25.1 Å². The summed E-state index contributed by atoms with van der Waals surface area (Å²) in [7, 11) is -1.98. The van der Waals surface area contributed by atoms with Crippen molar-refractivity contribution in [3.05, 3.63) is 89.6 Å². The highest BCUT2D eigenvalue weighted by Gasteiger charge is 2.26. The van der Waals surface area contributed by atoms with Gasteiger partial charge in [-0.2, -0.15) is 0 Å². The average molecular weight is 449 g/mol. The fourth-order valence-corrected chi connectivity index (χ4v) is 4.88. The number of anilines is 4. The van der Waals surface area contributed by atoms with Crippen molar-refractivity contribution in [2.75, 3.05) is 27.7 Å². The summed E-state index contributed by atoms with van der Waals surface area (Å²) in [5.74, 6) is -0.272. The van der Waals surface area contributed by atoms with Crippen LogP contribution in [0.4, 0.5) is 22.7 Å². The van der Waals surface area contributed by atoms with Gasteiger partial charge in [0.25, 0.3) is 5.91 Å². The molecule has 0 bridgehead atoms. The number of nitrogen functional groups attached to an aromatic ring is 1. The van der Waals surface area contributed by atoms with E-state index >= 15 is 0 Å². The third-order valence-electron chi connectivity index (χ3n) is 5.34. The lowest BCUT2D eigenvalue weighted by molar-refractivity contribution is -0.110. The molecule has 0 saturated carbocycles. The summed E-state index contributed by atoms with van der Waals surface area (Å²) in [5.41, 5.74) is 11.2. The molecule has 1 aliphatic heterocycles. The van der Waals surface area contributed by atoms with E-state index in [-0.39, 0.29) is 11.7 Å². The second-order valence-corrected chi connectivity index (χ2v) is 9.64. The van der Waals surface area contributed by atoms with E-state index in [0.717, 1.165) is 22.5 Å². The predicted molar refractivity (Wildman–Crippen MR) is 130 cm³/mol. The van der Waals surface area contributed by atoms with Crippen LogP contribution in [0.5, 0.6) is 0 Å². The van der Waals surface area contributed by atoms with Gasteiger partial charge < -0.3 is 16.4 Å². The Hall–Kier alpha value is -3.78. The fourth-order valence-electron chi connectivity index (χ4n) is 3.63. The standard InChI is InChI=1S/C24H24N4O3S/c1-16(23-21-14-18(25)8-13-22(21)27-24(23)29)26-19-9-11-20(12-10-19)28(2)32(30,31)15-17-6-4-3-5-7-17/h3-14,26H,15,25H2,1-2H3,(H,27,29). The number of benzene rings is 3. The molecule has 0 saturated heterocycles. The van der Waals surface area contributed by atoms with E-state index < -0.39 is 10.0 Å². The minimum absolute atomic E-state index is 0.0762. The van der Waals surface area contributed by atoms with Gasteiger partial charge in [0.2, 0.25) is 10.0 Å². The Morgan fingerprint density at radius 2 is 1.72 bits per heavy atom. The van der Waals surface area contributed by atoms with E-state index in [9.17, 15) is 13.2 Å². The summed E-state index contributed by atoms with van der Waals surface area (Å²) >= 11 is 0. The number of nitrogens with two attached hydrogens (primary N) is 1. The van der Waals surface area contributed by atoms with Crippen LogP contribution >= 0.6 is 0 Å². The molecule has 32 heavy (non-hydrogen) atoms. The number of sulfonamides is 1. The molecular formula is C24H24N4O3S. The summed E-state index contributed by atoms with van der Waals surface area (Å²) < 4.78 is 26.8. The Kier molecular flexibility index (Phi) is 5.63. The van der Waals surface area contributed by atoms with Gasteiger partial charge in [-0.05, 0) is 55.0 Å². The van der Waals surface area contributed by atoms with Gasteiger partial charge in [0.1, 0.15) is 0 Å². The quantitative estimate of drug-likeness (QED) is 0.390. The maximum Gasteiger partial charge on any atom is 0.258 e. The molecule has 8 heteroatoms. The van der Waals surface area contributed by atoms with Crippen molar-refractivity contribution in [3.8, 4) is 0 Å². The zero-order valence-corrected chi connectivity index (χ0v) is 18.6. The number of carbonyl (C=O) groups excluding carboxylic acids is 1.